The second-order valence-corrected chi connectivity index (χ2v) is 5.87. The topological polar surface area (TPSA) is 61.4 Å². The van der Waals surface area contributed by atoms with Crippen molar-refractivity contribution < 1.29 is 4.79 Å². The summed E-state index contributed by atoms with van der Waals surface area (Å²) in [6, 6.07) is 0. The minimum Gasteiger partial charge on any atom is -0.340 e. The first kappa shape index (κ1) is 15.3. The van der Waals surface area contributed by atoms with Gasteiger partial charge in [0.2, 0.25) is 0 Å². The molecule has 1 aliphatic rings. The number of hydrogen-bond donors (Lipinski definition) is 1. The van der Waals surface area contributed by atoms with E-state index in [4.69, 9.17) is 0 Å². The normalized spacial score (nSPS) is 16.3. The highest BCUT2D eigenvalue weighted by Crippen LogP contribution is 2.14. The molecule has 0 bridgehead atoms. The zero-order chi connectivity index (χ0) is 14.4. The molecule has 1 aromatic heterocycles. The smallest absolute Gasteiger partial charge is 0.267 e. The third-order valence-corrected chi connectivity index (χ3v) is 4.30. The number of carbonyl (C=O) groups excluding carboxylic acids is 1. The quantitative estimate of drug-likeness (QED) is 0.827. The number of likely N-dealkylation sites (N-methyl/N-ethyl adjacent to an activating group) is 1. The minimum atomic E-state index is 0.0542. The predicted molar refractivity (Wildman–Crippen MR) is 80.2 cm³/mol. The molecule has 1 saturated heterocycles. The van der Waals surface area contributed by atoms with Gasteiger partial charge >= 0.3 is 0 Å². The van der Waals surface area contributed by atoms with E-state index in [1.807, 2.05) is 7.05 Å². The lowest BCUT2D eigenvalue weighted by molar-refractivity contribution is 0.0778. The van der Waals surface area contributed by atoms with E-state index in [1.165, 1.54) is 11.5 Å². The lowest BCUT2D eigenvalue weighted by atomic mass is 10.2. The lowest BCUT2D eigenvalue weighted by Crippen LogP contribution is -2.46. The van der Waals surface area contributed by atoms with Crippen molar-refractivity contribution >= 4 is 17.4 Å². The van der Waals surface area contributed by atoms with Crippen LogP contribution in [0.15, 0.2) is 0 Å². The maximum atomic E-state index is 12.4. The van der Waals surface area contributed by atoms with E-state index in [2.05, 4.69) is 26.7 Å². The van der Waals surface area contributed by atoms with Gasteiger partial charge in [0.05, 0.1) is 5.69 Å². The van der Waals surface area contributed by atoms with Crippen LogP contribution >= 0.6 is 11.5 Å². The highest BCUT2D eigenvalue weighted by atomic mass is 32.1. The van der Waals surface area contributed by atoms with Gasteiger partial charge in [-0.2, -0.15) is 0 Å². The Balaban J connectivity index is 1.86. The first-order valence-electron chi connectivity index (χ1n) is 7.22. The molecule has 0 atom stereocenters. The van der Waals surface area contributed by atoms with Crippen LogP contribution in [0.5, 0.6) is 0 Å². The van der Waals surface area contributed by atoms with Crippen LogP contribution in [0.25, 0.3) is 0 Å². The number of aryl methyl sites for hydroxylation is 1. The first-order valence-corrected chi connectivity index (χ1v) is 7.99. The molecule has 2 rings (SSSR count). The minimum absolute atomic E-state index is 0.0542. The zero-order valence-corrected chi connectivity index (χ0v) is 13.1. The summed E-state index contributed by atoms with van der Waals surface area (Å²) in [7, 11) is 1.86. The summed E-state index contributed by atoms with van der Waals surface area (Å²) in [5.74, 6) is 0.0542. The van der Waals surface area contributed by atoms with Gasteiger partial charge in [0, 0.05) is 46.3 Å². The summed E-state index contributed by atoms with van der Waals surface area (Å²) in [5, 5.41) is 7.39. The third kappa shape index (κ3) is 3.97. The Bertz CT molecular complexity index is 430. The molecule has 2 heterocycles. The molecule has 1 aromatic rings. The van der Waals surface area contributed by atoms with E-state index in [-0.39, 0.29) is 5.91 Å². The molecule has 0 radical (unpaired) electrons. The summed E-state index contributed by atoms with van der Waals surface area (Å²) >= 11 is 1.21. The SMILES string of the molecule is CCCc1nnsc1C(=O)N(C)CCN1CCNCC1. The molecule has 20 heavy (non-hydrogen) atoms. The van der Waals surface area contributed by atoms with E-state index in [9.17, 15) is 4.79 Å². The third-order valence-electron chi connectivity index (χ3n) is 3.54. The second-order valence-electron chi connectivity index (χ2n) is 5.12. The molecular formula is C13H23N5OS. The van der Waals surface area contributed by atoms with Crippen LogP contribution in [-0.4, -0.2) is 71.6 Å². The average Bonchev–Trinajstić information content (AvgIpc) is 2.93. The Morgan fingerprint density at radius 1 is 1.45 bits per heavy atom. The Kier molecular flexibility index (Phi) is 5.87. The summed E-state index contributed by atoms with van der Waals surface area (Å²) in [4.78, 5) is 17.3. The van der Waals surface area contributed by atoms with Crippen molar-refractivity contribution in [2.45, 2.75) is 19.8 Å². The highest BCUT2D eigenvalue weighted by molar-refractivity contribution is 7.07. The van der Waals surface area contributed by atoms with E-state index < -0.39 is 0 Å². The van der Waals surface area contributed by atoms with Crippen molar-refractivity contribution in [2.24, 2.45) is 0 Å². The number of aromatic nitrogens is 2. The standard InChI is InChI=1S/C13H23N5OS/c1-3-4-11-12(20-16-15-11)13(19)17(2)9-10-18-7-5-14-6-8-18/h14H,3-10H2,1-2H3. The molecule has 112 valence electrons. The Hall–Kier alpha value is -1.05. The molecule has 0 aliphatic carbocycles. The van der Waals surface area contributed by atoms with Gasteiger partial charge in [-0.3, -0.25) is 9.69 Å². The lowest BCUT2D eigenvalue weighted by Gasteiger charge is -2.29. The molecule has 0 spiro atoms. The average molecular weight is 297 g/mol. The van der Waals surface area contributed by atoms with E-state index in [0.29, 0.717) is 4.88 Å². The fraction of sp³-hybridized carbons (Fsp3) is 0.769. The largest absolute Gasteiger partial charge is 0.340 e. The number of amides is 1. The van der Waals surface area contributed by atoms with Gasteiger partial charge in [0.25, 0.3) is 5.91 Å². The summed E-state index contributed by atoms with van der Waals surface area (Å²) in [5.41, 5.74) is 0.844. The van der Waals surface area contributed by atoms with E-state index in [1.54, 1.807) is 4.90 Å². The molecule has 1 aliphatic heterocycles. The van der Waals surface area contributed by atoms with Crippen molar-refractivity contribution in [1.82, 2.24) is 24.7 Å². The van der Waals surface area contributed by atoms with Crippen molar-refractivity contribution in [1.29, 1.82) is 0 Å². The van der Waals surface area contributed by atoms with Crippen LogP contribution in [-0.2, 0) is 6.42 Å². The fourth-order valence-corrected chi connectivity index (χ4v) is 2.98. The van der Waals surface area contributed by atoms with Crippen LogP contribution < -0.4 is 5.32 Å². The van der Waals surface area contributed by atoms with Gasteiger partial charge in [0.1, 0.15) is 4.88 Å². The summed E-state index contributed by atoms with van der Waals surface area (Å²) in [6.07, 6.45) is 1.80. The number of hydrogen-bond acceptors (Lipinski definition) is 6. The molecule has 0 aromatic carbocycles. The zero-order valence-electron chi connectivity index (χ0n) is 12.3. The van der Waals surface area contributed by atoms with Crippen LogP contribution in [0.3, 0.4) is 0 Å². The second kappa shape index (κ2) is 7.66. The molecular weight excluding hydrogens is 274 g/mol. The van der Waals surface area contributed by atoms with Gasteiger partial charge < -0.3 is 10.2 Å². The number of rotatable bonds is 6. The van der Waals surface area contributed by atoms with Gasteiger partial charge in [-0.25, -0.2) is 0 Å². The number of carbonyl (C=O) groups is 1. The van der Waals surface area contributed by atoms with E-state index in [0.717, 1.165) is 57.8 Å². The summed E-state index contributed by atoms with van der Waals surface area (Å²) < 4.78 is 3.92. The van der Waals surface area contributed by atoms with Gasteiger partial charge in [0.15, 0.2) is 0 Å². The molecule has 6 nitrogen and oxygen atoms in total. The van der Waals surface area contributed by atoms with Gasteiger partial charge in [-0.15, -0.1) is 5.10 Å². The van der Waals surface area contributed by atoms with Crippen molar-refractivity contribution in [3.8, 4) is 0 Å². The molecule has 1 N–H and O–H groups in total. The highest BCUT2D eigenvalue weighted by Gasteiger charge is 2.20. The molecule has 0 unspecified atom stereocenters. The fourth-order valence-electron chi connectivity index (χ4n) is 2.27. The summed E-state index contributed by atoms with van der Waals surface area (Å²) in [6.45, 7) is 7.97. The number of nitrogens with zero attached hydrogens (tertiary/aromatic N) is 4. The van der Waals surface area contributed by atoms with Gasteiger partial charge in [-0.05, 0) is 18.0 Å². The van der Waals surface area contributed by atoms with Crippen LogP contribution in [0.2, 0.25) is 0 Å². The first-order chi connectivity index (χ1) is 9.72. The van der Waals surface area contributed by atoms with Crippen molar-refractivity contribution in [3.05, 3.63) is 10.6 Å². The number of piperazine rings is 1. The van der Waals surface area contributed by atoms with Crippen molar-refractivity contribution in [3.63, 3.8) is 0 Å². The Labute approximate surface area is 124 Å². The molecule has 7 heteroatoms. The predicted octanol–water partition coefficient (Wildman–Crippen LogP) is 0.468. The van der Waals surface area contributed by atoms with Crippen LogP contribution in [0.1, 0.15) is 28.7 Å². The monoisotopic (exact) mass is 297 g/mol. The number of nitrogens with one attached hydrogen (secondary N) is 1. The Morgan fingerprint density at radius 2 is 2.20 bits per heavy atom. The van der Waals surface area contributed by atoms with Crippen LogP contribution in [0, 0.1) is 0 Å². The van der Waals surface area contributed by atoms with E-state index >= 15 is 0 Å². The maximum absolute atomic E-state index is 12.4. The van der Waals surface area contributed by atoms with Crippen LogP contribution in [0.4, 0.5) is 0 Å². The molecule has 1 fully saturated rings. The molecule has 1 amide bonds. The molecule has 0 saturated carbocycles. The maximum Gasteiger partial charge on any atom is 0.267 e. The Morgan fingerprint density at radius 3 is 2.90 bits per heavy atom. The van der Waals surface area contributed by atoms with Gasteiger partial charge in [-0.1, -0.05) is 17.8 Å². The van der Waals surface area contributed by atoms with Crippen molar-refractivity contribution in [2.75, 3.05) is 46.3 Å².